The van der Waals surface area contributed by atoms with Gasteiger partial charge >= 0.3 is 5.97 Å². The summed E-state index contributed by atoms with van der Waals surface area (Å²) in [7, 11) is 1.42. The topological polar surface area (TPSA) is 139 Å². The van der Waals surface area contributed by atoms with Crippen molar-refractivity contribution in [2.45, 2.75) is 146 Å². The molecule has 1 N–H and O–H groups in total. The molecule has 2 aliphatic rings. The quantitative estimate of drug-likeness (QED) is 0.0244. The summed E-state index contributed by atoms with van der Waals surface area (Å²) in [6.45, 7) is 2.12. The summed E-state index contributed by atoms with van der Waals surface area (Å²) in [6, 6.07) is 59.6. The molecule has 6 aromatic rings. The van der Waals surface area contributed by atoms with Gasteiger partial charge in [-0.15, -0.1) is 0 Å². The van der Waals surface area contributed by atoms with Gasteiger partial charge in [0.25, 0.3) is 0 Å². The number of unbranched alkanes of at least 4 members (excludes halogenated alkanes) is 5. The summed E-state index contributed by atoms with van der Waals surface area (Å²) in [5.74, 6) is -0.185. The van der Waals surface area contributed by atoms with Gasteiger partial charge < -0.3 is 57.2 Å². The second-order valence-electron chi connectivity index (χ2n) is 19.5. The van der Waals surface area contributed by atoms with E-state index in [9.17, 15) is 9.90 Å². The largest absolute Gasteiger partial charge is 0.469 e. The van der Waals surface area contributed by atoms with Gasteiger partial charge in [0, 0.05) is 21.4 Å². The standard InChI is InChI=1S/C64H76O13.B/c1-67-56(65)38-24-4-2-3-5-25-39-70-64-62(61(74-45-53-36-22-11-23-37-53)59(72-43-51-32-18-9-19-33-51)55(76-64)47-69-41-49-28-14-7-15-29-49)77-63-57(66)60(73-44-52-34-20-10-21-35-52)58(71-42-50-30-16-8-17-31-50)54(75-63)46-68-40-48-26-12-6-13-27-48;/h6-23,26-37,54-55,57-64,66H,2-5,24-25,38-47H2,1H3;/t54?,55?,57?,58-,59-,60+,61-,62?,63-,64+;/m1./s1. The van der Waals surface area contributed by atoms with Crippen molar-refractivity contribution in [3.05, 3.63) is 215 Å². The van der Waals surface area contributed by atoms with E-state index < -0.39 is 61.4 Å². The van der Waals surface area contributed by atoms with Gasteiger partial charge in [0.2, 0.25) is 0 Å². The first-order valence-electron chi connectivity index (χ1n) is 27.2. The van der Waals surface area contributed by atoms with Crippen LogP contribution in [0.5, 0.6) is 0 Å². The number of aliphatic hydroxyl groups excluding tert-OH is 1. The van der Waals surface area contributed by atoms with Crippen molar-refractivity contribution in [2.75, 3.05) is 26.9 Å². The number of aliphatic hydroxyl groups is 1. The summed E-state index contributed by atoms with van der Waals surface area (Å²) >= 11 is 0. The minimum absolute atomic E-state index is 0. The molecule has 0 amide bonds. The van der Waals surface area contributed by atoms with Gasteiger partial charge in [-0.05, 0) is 46.2 Å². The fraction of sp³-hybridized carbons (Fsp3) is 0.422. The Hall–Kier alpha value is -5.59. The molecule has 0 saturated carbocycles. The van der Waals surface area contributed by atoms with Crippen LogP contribution in [0.1, 0.15) is 78.3 Å². The highest BCUT2D eigenvalue weighted by atomic mass is 16.8. The number of esters is 1. The molecule has 2 saturated heterocycles. The predicted molar refractivity (Wildman–Crippen MR) is 297 cm³/mol. The Bertz CT molecular complexity index is 2500. The van der Waals surface area contributed by atoms with E-state index in [2.05, 4.69) is 0 Å². The normalized spacial score (nSPS) is 23.1. The highest BCUT2D eigenvalue weighted by Gasteiger charge is 2.54. The van der Waals surface area contributed by atoms with Gasteiger partial charge in [-0.2, -0.15) is 0 Å². The Morgan fingerprint density at radius 3 is 1.18 bits per heavy atom. The Morgan fingerprint density at radius 2 is 0.756 bits per heavy atom. The lowest BCUT2D eigenvalue weighted by Gasteiger charge is -2.49. The second kappa shape index (κ2) is 33.8. The molecule has 2 heterocycles. The summed E-state index contributed by atoms with van der Waals surface area (Å²) in [6.07, 6.45) is -3.83. The highest BCUT2D eigenvalue weighted by Crippen LogP contribution is 2.36. The molecule has 14 heteroatoms. The van der Waals surface area contributed by atoms with E-state index in [0.717, 1.165) is 71.9 Å². The van der Waals surface area contributed by atoms with Crippen molar-refractivity contribution in [1.82, 2.24) is 0 Å². The molecule has 3 radical (unpaired) electrons. The number of carbonyl (C=O) groups is 1. The molecule has 6 aromatic carbocycles. The molecule has 4 unspecified atom stereocenters. The van der Waals surface area contributed by atoms with Crippen molar-refractivity contribution in [3.8, 4) is 0 Å². The first-order valence-corrected chi connectivity index (χ1v) is 27.2. The molecular weight excluding hydrogens is 988 g/mol. The maximum absolute atomic E-state index is 12.8. The fourth-order valence-electron chi connectivity index (χ4n) is 9.55. The lowest BCUT2D eigenvalue weighted by atomic mass is 9.96. The third kappa shape index (κ3) is 19.4. The van der Waals surface area contributed by atoms with Crippen LogP contribution < -0.4 is 0 Å². The predicted octanol–water partition coefficient (Wildman–Crippen LogP) is 10.5. The first kappa shape index (κ1) is 60.1. The monoisotopic (exact) mass is 1060 g/mol. The number of hydrogen-bond acceptors (Lipinski definition) is 13. The zero-order chi connectivity index (χ0) is 53.1. The van der Waals surface area contributed by atoms with Crippen molar-refractivity contribution in [2.24, 2.45) is 0 Å². The molecule has 2 aliphatic heterocycles. The van der Waals surface area contributed by atoms with Crippen molar-refractivity contribution >= 4 is 14.4 Å². The van der Waals surface area contributed by atoms with Crippen LogP contribution in [0.15, 0.2) is 182 Å². The summed E-state index contributed by atoms with van der Waals surface area (Å²) in [4.78, 5) is 11.7. The van der Waals surface area contributed by atoms with E-state index in [-0.39, 0.29) is 54.0 Å². The SMILES string of the molecule is COC(=O)CCCCCCCCO[C@H]1OC(COCc2ccccc2)[C@@H](OCc2ccccc2)[C@@H](OCc2ccccc2)C1O[C@H]1OC(COCc2ccccc2)[C@@H](OCc2ccccc2)[C@@H](OCc2ccccc2)C1O.[B]. The van der Waals surface area contributed by atoms with Gasteiger partial charge in [0.05, 0.1) is 60.0 Å². The molecule has 0 aromatic heterocycles. The Balaban J connectivity index is 0.00000882. The van der Waals surface area contributed by atoms with Crippen LogP contribution in [0.2, 0.25) is 0 Å². The number of hydrogen-bond donors (Lipinski definition) is 1. The zero-order valence-electron chi connectivity index (χ0n) is 44.8. The number of carbonyl (C=O) groups excluding carboxylic acids is 1. The molecule has 413 valence electrons. The van der Waals surface area contributed by atoms with E-state index in [1.165, 1.54) is 7.11 Å². The van der Waals surface area contributed by atoms with Gasteiger partial charge in [0.1, 0.15) is 48.8 Å². The van der Waals surface area contributed by atoms with Crippen LogP contribution in [0.25, 0.3) is 0 Å². The maximum Gasteiger partial charge on any atom is 0.305 e. The van der Waals surface area contributed by atoms with Crippen LogP contribution in [0.3, 0.4) is 0 Å². The van der Waals surface area contributed by atoms with E-state index >= 15 is 0 Å². The zero-order valence-corrected chi connectivity index (χ0v) is 44.8. The summed E-state index contributed by atoms with van der Waals surface area (Å²) in [5.41, 5.74) is 5.79. The van der Waals surface area contributed by atoms with Gasteiger partial charge in [-0.25, -0.2) is 0 Å². The lowest BCUT2D eigenvalue weighted by Crippen LogP contribution is -2.66. The van der Waals surface area contributed by atoms with Gasteiger partial charge in [-0.1, -0.05) is 208 Å². The molecule has 0 bridgehead atoms. The average Bonchev–Trinajstić information content (AvgIpc) is 3.61. The molecule has 0 aliphatic carbocycles. The minimum atomic E-state index is -1.38. The summed E-state index contributed by atoms with van der Waals surface area (Å²) in [5, 5.41) is 12.8. The van der Waals surface area contributed by atoms with Gasteiger partial charge in [-0.3, -0.25) is 4.79 Å². The molecule has 13 nitrogen and oxygen atoms in total. The number of rotatable bonds is 32. The molecule has 10 atom stereocenters. The van der Waals surface area contributed by atoms with E-state index in [0.29, 0.717) is 26.2 Å². The number of methoxy groups -OCH3 is 1. The van der Waals surface area contributed by atoms with Gasteiger partial charge in [0.15, 0.2) is 12.6 Å². The first-order chi connectivity index (χ1) is 38.0. The van der Waals surface area contributed by atoms with Crippen molar-refractivity contribution in [3.63, 3.8) is 0 Å². The maximum atomic E-state index is 12.8. The lowest BCUT2D eigenvalue weighted by molar-refractivity contribution is -0.379. The highest BCUT2D eigenvalue weighted by molar-refractivity contribution is 5.75. The third-order valence-electron chi connectivity index (χ3n) is 13.7. The Labute approximate surface area is 462 Å². The van der Waals surface area contributed by atoms with E-state index in [4.69, 9.17) is 52.1 Å². The molecule has 78 heavy (non-hydrogen) atoms. The van der Waals surface area contributed by atoms with Crippen LogP contribution in [0, 0.1) is 0 Å². The van der Waals surface area contributed by atoms with E-state index in [1.807, 2.05) is 182 Å². The molecule has 2 fully saturated rings. The average molecular weight is 1060 g/mol. The Kier molecular flexibility index (Phi) is 26.0. The Morgan fingerprint density at radius 1 is 0.410 bits per heavy atom. The number of benzene rings is 6. The number of ether oxygens (including phenoxy) is 11. The van der Waals surface area contributed by atoms with Crippen LogP contribution in [-0.4, -0.2) is 108 Å². The molecule has 0 spiro atoms. The van der Waals surface area contributed by atoms with Crippen molar-refractivity contribution < 1.29 is 62.0 Å². The second-order valence-corrected chi connectivity index (χ2v) is 19.5. The van der Waals surface area contributed by atoms with Crippen molar-refractivity contribution in [1.29, 1.82) is 0 Å². The molecule has 8 rings (SSSR count). The van der Waals surface area contributed by atoms with E-state index in [1.54, 1.807) is 0 Å². The molecular formula is C64H76BO13. The van der Waals surface area contributed by atoms with Crippen LogP contribution in [-0.2, 0) is 96.5 Å². The fourth-order valence-corrected chi connectivity index (χ4v) is 9.55. The summed E-state index contributed by atoms with van der Waals surface area (Å²) < 4.78 is 73.2. The van der Waals surface area contributed by atoms with Crippen LogP contribution in [0.4, 0.5) is 0 Å². The smallest absolute Gasteiger partial charge is 0.305 e. The third-order valence-corrected chi connectivity index (χ3v) is 13.7. The minimum Gasteiger partial charge on any atom is -0.469 e. The van der Waals surface area contributed by atoms with Crippen LogP contribution >= 0.6 is 0 Å².